The number of benzene rings is 1. The van der Waals surface area contributed by atoms with Gasteiger partial charge in [0.15, 0.2) is 0 Å². The van der Waals surface area contributed by atoms with Gasteiger partial charge in [0.25, 0.3) is 11.8 Å². The standard InChI is InChI=1S/C13H8Cl2N2O3/c14-8-4-7(5-9(15)6-8)2-1-3-10-11(18)16-13(20)17-12(10)19/h1-6H,(H2,16,17,18,19,20)/b2-1+. The SMILES string of the molecule is O=C1NC(=O)C(=C/C=C/c2cc(Cl)cc(Cl)c2)C(=O)N1. The molecule has 0 spiro atoms. The highest BCUT2D eigenvalue weighted by atomic mass is 35.5. The van der Waals surface area contributed by atoms with E-state index in [-0.39, 0.29) is 5.57 Å². The van der Waals surface area contributed by atoms with E-state index in [1.54, 1.807) is 24.3 Å². The number of allylic oxidation sites excluding steroid dienone is 2. The van der Waals surface area contributed by atoms with Crippen LogP contribution in [0.1, 0.15) is 5.56 Å². The molecule has 0 aromatic heterocycles. The van der Waals surface area contributed by atoms with Crippen molar-refractivity contribution in [3.63, 3.8) is 0 Å². The second kappa shape index (κ2) is 5.90. The van der Waals surface area contributed by atoms with E-state index in [2.05, 4.69) is 0 Å². The number of hydrogen-bond acceptors (Lipinski definition) is 3. The van der Waals surface area contributed by atoms with Crippen LogP contribution in [0.25, 0.3) is 6.08 Å². The number of carbonyl (C=O) groups excluding carboxylic acids is 3. The van der Waals surface area contributed by atoms with Gasteiger partial charge >= 0.3 is 6.03 Å². The number of halogens is 2. The highest BCUT2D eigenvalue weighted by Crippen LogP contribution is 2.20. The van der Waals surface area contributed by atoms with E-state index in [0.717, 1.165) is 0 Å². The van der Waals surface area contributed by atoms with Crippen LogP contribution in [0, 0.1) is 0 Å². The van der Waals surface area contributed by atoms with Gasteiger partial charge in [-0.2, -0.15) is 0 Å². The van der Waals surface area contributed by atoms with Crippen molar-refractivity contribution in [1.29, 1.82) is 0 Å². The van der Waals surface area contributed by atoms with E-state index in [4.69, 9.17) is 23.2 Å². The minimum absolute atomic E-state index is 0.158. The predicted octanol–water partition coefficient (Wildman–Crippen LogP) is 2.30. The van der Waals surface area contributed by atoms with Gasteiger partial charge in [-0.3, -0.25) is 20.2 Å². The van der Waals surface area contributed by atoms with Crippen LogP contribution in [-0.2, 0) is 9.59 Å². The van der Waals surface area contributed by atoms with E-state index in [1.807, 2.05) is 10.6 Å². The third kappa shape index (κ3) is 3.46. The number of carbonyl (C=O) groups is 3. The molecule has 0 bridgehead atoms. The van der Waals surface area contributed by atoms with Gasteiger partial charge in [-0.1, -0.05) is 35.4 Å². The van der Waals surface area contributed by atoms with Crippen LogP contribution in [0.15, 0.2) is 35.9 Å². The first-order chi connectivity index (χ1) is 9.45. The van der Waals surface area contributed by atoms with Crippen LogP contribution in [0.3, 0.4) is 0 Å². The summed E-state index contributed by atoms with van der Waals surface area (Å²) in [6, 6.07) is 4.11. The summed E-state index contributed by atoms with van der Waals surface area (Å²) in [7, 11) is 0. The molecule has 7 heteroatoms. The molecule has 1 heterocycles. The second-order valence-electron chi connectivity index (χ2n) is 3.88. The fourth-order valence-electron chi connectivity index (χ4n) is 1.55. The van der Waals surface area contributed by atoms with Crippen molar-refractivity contribution in [3.8, 4) is 0 Å². The number of rotatable bonds is 2. The Balaban J connectivity index is 2.19. The summed E-state index contributed by atoms with van der Waals surface area (Å²) in [4.78, 5) is 33.7. The molecule has 102 valence electrons. The van der Waals surface area contributed by atoms with Gasteiger partial charge in [-0.15, -0.1) is 0 Å². The van der Waals surface area contributed by atoms with Crippen molar-refractivity contribution >= 4 is 47.1 Å². The summed E-state index contributed by atoms with van der Waals surface area (Å²) in [5.74, 6) is -1.49. The van der Waals surface area contributed by atoms with E-state index >= 15 is 0 Å². The Morgan fingerprint density at radius 1 is 0.900 bits per heavy atom. The van der Waals surface area contributed by atoms with E-state index in [0.29, 0.717) is 15.6 Å². The maximum Gasteiger partial charge on any atom is 0.328 e. The first-order valence-corrected chi connectivity index (χ1v) is 6.22. The second-order valence-corrected chi connectivity index (χ2v) is 4.75. The molecule has 5 nitrogen and oxygen atoms in total. The maximum atomic E-state index is 11.4. The maximum absolute atomic E-state index is 11.4. The lowest BCUT2D eigenvalue weighted by atomic mass is 10.1. The van der Waals surface area contributed by atoms with Gasteiger partial charge in [0.1, 0.15) is 5.57 Å². The molecule has 20 heavy (non-hydrogen) atoms. The minimum Gasteiger partial charge on any atom is -0.273 e. The molecule has 1 aromatic rings. The first-order valence-electron chi connectivity index (χ1n) is 5.47. The summed E-state index contributed by atoms with van der Waals surface area (Å²) < 4.78 is 0. The molecular formula is C13H8Cl2N2O3. The van der Waals surface area contributed by atoms with Crippen molar-refractivity contribution in [2.45, 2.75) is 0 Å². The molecule has 1 fully saturated rings. The van der Waals surface area contributed by atoms with Crippen LogP contribution < -0.4 is 10.6 Å². The van der Waals surface area contributed by atoms with Gasteiger partial charge in [0, 0.05) is 10.0 Å². The van der Waals surface area contributed by atoms with Gasteiger partial charge < -0.3 is 0 Å². The summed E-state index contributed by atoms with van der Waals surface area (Å²) in [5, 5.41) is 4.90. The summed E-state index contributed by atoms with van der Waals surface area (Å²) >= 11 is 11.7. The Labute approximate surface area is 124 Å². The number of imide groups is 2. The number of amides is 4. The average molecular weight is 311 g/mol. The largest absolute Gasteiger partial charge is 0.328 e. The lowest BCUT2D eigenvalue weighted by Gasteiger charge is -2.12. The van der Waals surface area contributed by atoms with Crippen molar-refractivity contribution in [2.75, 3.05) is 0 Å². The Hall–Kier alpha value is -2.11. The molecule has 4 amide bonds. The topological polar surface area (TPSA) is 75.3 Å². The number of urea groups is 1. The van der Waals surface area contributed by atoms with Crippen LogP contribution in [0.2, 0.25) is 10.0 Å². The summed E-state index contributed by atoms with van der Waals surface area (Å²) in [6.45, 7) is 0. The third-order valence-electron chi connectivity index (χ3n) is 2.38. The zero-order valence-corrected chi connectivity index (χ0v) is 11.5. The fourth-order valence-corrected chi connectivity index (χ4v) is 2.10. The van der Waals surface area contributed by atoms with Gasteiger partial charge in [0.05, 0.1) is 0 Å². The molecule has 0 radical (unpaired) electrons. The Bertz CT molecular complexity index is 623. The lowest BCUT2D eigenvalue weighted by Crippen LogP contribution is -2.51. The Morgan fingerprint density at radius 3 is 2.00 bits per heavy atom. The molecule has 1 saturated heterocycles. The molecule has 0 aliphatic carbocycles. The zero-order valence-electron chi connectivity index (χ0n) is 9.94. The van der Waals surface area contributed by atoms with E-state index in [1.165, 1.54) is 12.2 Å². The molecule has 1 aliphatic rings. The van der Waals surface area contributed by atoms with Gasteiger partial charge in [0.2, 0.25) is 0 Å². The van der Waals surface area contributed by atoms with Gasteiger partial charge in [-0.25, -0.2) is 4.79 Å². The van der Waals surface area contributed by atoms with Crippen LogP contribution in [-0.4, -0.2) is 17.8 Å². The molecule has 1 aromatic carbocycles. The highest BCUT2D eigenvalue weighted by molar-refractivity contribution is 6.34. The molecule has 2 rings (SSSR count). The molecule has 2 N–H and O–H groups in total. The normalized spacial score (nSPS) is 15.3. The third-order valence-corrected chi connectivity index (χ3v) is 2.82. The summed E-state index contributed by atoms with van der Waals surface area (Å²) in [5.41, 5.74) is 0.557. The molecule has 0 atom stereocenters. The molecule has 1 aliphatic heterocycles. The Morgan fingerprint density at radius 2 is 1.45 bits per heavy atom. The highest BCUT2D eigenvalue weighted by Gasteiger charge is 2.26. The van der Waals surface area contributed by atoms with E-state index < -0.39 is 17.8 Å². The van der Waals surface area contributed by atoms with Crippen LogP contribution in [0.5, 0.6) is 0 Å². The number of nitrogens with one attached hydrogen (secondary N) is 2. The first kappa shape index (κ1) is 14.3. The smallest absolute Gasteiger partial charge is 0.273 e. The molecule has 0 saturated carbocycles. The van der Waals surface area contributed by atoms with E-state index in [9.17, 15) is 14.4 Å². The van der Waals surface area contributed by atoms with Crippen molar-refractivity contribution in [2.24, 2.45) is 0 Å². The van der Waals surface area contributed by atoms with Crippen LogP contribution in [0.4, 0.5) is 4.79 Å². The lowest BCUT2D eigenvalue weighted by molar-refractivity contribution is -0.124. The molecule has 0 unspecified atom stereocenters. The Kier molecular flexibility index (Phi) is 4.22. The monoisotopic (exact) mass is 310 g/mol. The van der Waals surface area contributed by atoms with Crippen molar-refractivity contribution in [1.82, 2.24) is 10.6 Å². The fraction of sp³-hybridized carbons (Fsp3) is 0. The summed E-state index contributed by atoms with van der Waals surface area (Å²) in [6.07, 6.45) is 4.42. The molecular weight excluding hydrogens is 303 g/mol. The average Bonchev–Trinajstić information content (AvgIpc) is 2.31. The van der Waals surface area contributed by atoms with Gasteiger partial charge in [-0.05, 0) is 29.8 Å². The van der Waals surface area contributed by atoms with Crippen molar-refractivity contribution in [3.05, 3.63) is 51.5 Å². The predicted molar refractivity (Wildman–Crippen MR) is 75.3 cm³/mol. The number of barbiturate groups is 1. The number of hydrogen-bond donors (Lipinski definition) is 2. The minimum atomic E-state index is -0.831. The van der Waals surface area contributed by atoms with Crippen LogP contribution >= 0.6 is 23.2 Å². The quantitative estimate of drug-likeness (QED) is 0.650. The van der Waals surface area contributed by atoms with Crippen molar-refractivity contribution < 1.29 is 14.4 Å². The zero-order chi connectivity index (χ0) is 14.7.